The number of aromatic nitrogens is 1. The van der Waals surface area contributed by atoms with Crippen LogP contribution in [0.15, 0.2) is 47.2 Å². The van der Waals surface area contributed by atoms with E-state index in [4.69, 9.17) is 0 Å². The van der Waals surface area contributed by atoms with Gasteiger partial charge in [-0.15, -0.1) is 22.7 Å². The normalized spacial score (nSPS) is 10.6. The molecule has 0 saturated heterocycles. The zero-order valence-corrected chi connectivity index (χ0v) is 14.0. The second-order valence-electron chi connectivity index (χ2n) is 5.03. The van der Waals surface area contributed by atoms with Gasteiger partial charge in [0.15, 0.2) is 0 Å². The Morgan fingerprint density at radius 3 is 2.74 bits per heavy atom. The van der Waals surface area contributed by atoms with Crippen molar-refractivity contribution in [1.29, 1.82) is 0 Å². The molecule has 0 radical (unpaired) electrons. The van der Waals surface area contributed by atoms with Crippen molar-refractivity contribution in [2.45, 2.75) is 19.4 Å². The predicted molar refractivity (Wildman–Crippen MR) is 93.7 cm³/mol. The average molecular weight is 344 g/mol. The number of nitrogens with one attached hydrogen (secondary N) is 1. The minimum atomic E-state index is 0.0415. The van der Waals surface area contributed by atoms with Crippen molar-refractivity contribution in [3.63, 3.8) is 0 Å². The lowest BCUT2D eigenvalue weighted by atomic mass is 10.2. The minimum Gasteiger partial charge on any atom is -0.508 e. The highest BCUT2D eigenvalue weighted by Gasteiger charge is 2.07. The molecule has 0 saturated carbocycles. The molecule has 3 rings (SSSR count). The van der Waals surface area contributed by atoms with Gasteiger partial charge in [-0.25, -0.2) is 4.98 Å². The van der Waals surface area contributed by atoms with E-state index in [1.165, 1.54) is 16.2 Å². The molecule has 0 bridgehead atoms. The van der Waals surface area contributed by atoms with E-state index in [0.717, 1.165) is 22.7 Å². The number of hydrogen-bond donors (Lipinski definition) is 2. The highest BCUT2D eigenvalue weighted by Crippen LogP contribution is 2.23. The average Bonchev–Trinajstić information content (AvgIpc) is 3.23. The third-order valence-electron chi connectivity index (χ3n) is 3.33. The van der Waals surface area contributed by atoms with Gasteiger partial charge in [0.25, 0.3) is 0 Å². The Kier molecular flexibility index (Phi) is 5.05. The second-order valence-corrected chi connectivity index (χ2v) is 7.00. The molecule has 1 aromatic carbocycles. The predicted octanol–water partition coefficient (Wildman–Crippen LogP) is 3.83. The van der Waals surface area contributed by atoms with Crippen LogP contribution in [0.25, 0.3) is 11.3 Å². The molecule has 23 heavy (non-hydrogen) atoms. The van der Waals surface area contributed by atoms with Gasteiger partial charge in [-0.2, -0.15) is 0 Å². The number of thiophene rings is 1. The van der Waals surface area contributed by atoms with Crippen molar-refractivity contribution in [3.8, 4) is 17.0 Å². The van der Waals surface area contributed by atoms with Gasteiger partial charge < -0.3 is 10.4 Å². The number of rotatable bonds is 6. The van der Waals surface area contributed by atoms with Crippen molar-refractivity contribution in [2.24, 2.45) is 0 Å². The number of carbonyl (C=O) groups excluding carboxylic acids is 1. The Morgan fingerprint density at radius 2 is 2.00 bits per heavy atom. The number of nitrogens with zero attached hydrogens (tertiary/aromatic N) is 1. The number of hydrogen-bond acceptors (Lipinski definition) is 5. The molecule has 4 nitrogen and oxygen atoms in total. The minimum absolute atomic E-state index is 0.0415. The standard InChI is InChI=1S/C17H16N2O2S2/c20-13-5-3-12(4-6-13)15-11-23-17(19-15)10-18-16(21)8-7-14-2-1-9-22-14/h1-6,9,11,20H,7-8,10H2,(H,18,21). The number of aryl methyl sites for hydroxylation is 1. The molecule has 0 atom stereocenters. The van der Waals surface area contributed by atoms with E-state index < -0.39 is 0 Å². The molecule has 0 unspecified atom stereocenters. The molecular weight excluding hydrogens is 328 g/mol. The molecule has 0 aliphatic rings. The Balaban J connectivity index is 1.50. The molecule has 2 N–H and O–H groups in total. The van der Waals surface area contributed by atoms with Gasteiger partial charge in [-0.1, -0.05) is 6.07 Å². The summed E-state index contributed by atoms with van der Waals surface area (Å²) in [5.41, 5.74) is 1.81. The smallest absolute Gasteiger partial charge is 0.220 e. The van der Waals surface area contributed by atoms with E-state index in [1.807, 2.05) is 35.0 Å². The molecule has 1 amide bonds. The van der Waals surface area contributed by atoms with Crippen LogP contribution >= 0.6 is 22.7 Å². The van der Waals surface area contributed by atoms with Crippen molar-refractivity contribution >= 4 is 28.6 Å². The van der Waals surface area contributed by atoms with E-state index in [9.17, 15) is 9.90 Å². The van der Waals surface area contributed by atoms with Crippen molar-refractivity contribution in [3.05, 3.63) is 57.0 Å². The molecule has 0 aliphatic heterocycles. The van der Waals surface area contributed by atoms with Crippen LogP contribution in [0.2, 0.25) is 0 Å². The number of phenols is 1. The number of aromatic hydroxyl groups is 1. The zero-order valence-electron chi connectivity index (χ0n) is 12.4. The number of thiazole rings is 1. The summed E-state index contributed by atoms with van der Waals surface area (Å²) >= 11 is 3.19. The summed E-state index contributed by atoms with van der Waals surface area (Å²) in [7, 11) is 0. The molecule has 3 aromatic rings. The summed E-state index contributed by atoms with van der Waals surface area (Å²) in [6, 6.07) is 11.0. The third kappa shape index (κ3) is 4.40. The molecule has 0 spiro atoms. The van der Waals surface area contributed by atoms with Crippen LogP contribution in [-0.2, 0) is 17.8 Å². The van der Waals surface area contributed by atoms with E-state index in [1.54, 1.807) is 23.5 Å². The van der Waals surface area contributed by atoms with Crippen molar-refractivity contribution in [2.75, 3.05) is 0 Å². The van der Waals surface area contributed by atoms with Crippen LogP contribution < -0.4 is 5.32 Å². The van der Waals surface area contributed by atoms with Gasteiger partial charge in [0.05, 0.1) is 12.2 Å². The van der Waals surface area contributed by atoms with Crippen LogP contribution in [0.5, 0.6) is 5.75 Å². The van der Waals surface area contributed by atoms with Gasteiger partial charge >= 0.3 is 0 Å². The van der Waals surface area contributed by atoms with Crippen LogP contribution in [0.4, 0.5) is 0 Å². The Hall–Kier alpha value is -2.18. The van der Waals surface area contributed by atoms with Crippen LogP contribution in [0, 0.1) is 0 Å². The summed E-state index contributed by atoms with van der Waals surface area (Å²) in [5.74, 6) is 0.280. The monoisotopic (exact) mass is 344 g/mol. The van der Waals surface area contributed by atoms with E-state index >= 15 is 0 Å². The van der Waals surface area contributed by atoms with Gasteiger partial charge in [0.1, 0.15) is 10.8 Å². The number of carbonyl (C=O) groups is 1. The fourth-order valence-corrected chi connectivity index (χ4v) is 3.56. The highest BCUT2D eigenvalue weighted by molar-refractivity contribution is 7.10. The molecule has 6 heteroatoms. The fraction of sp³-hybridized carbons (Fsp3) is 0.176. The maximum absolute atomic E-state index is 11.9. The molecule has 0 fully saturated rings. The first-order valence-electron chi connectivity index (χ1n) is 7.23. The fourth-order valence-electron chi connectivity index (χ4n) is 2.11. The van der Waals surface area contributed by atoms with Crippen molar-refractivity contribution < 1.29 is 9.90 Å². The summed E-state index contributed by atoms with van der Waals surface area (Å²) in [5, 5.41) is 17.1. The van der Waals surface area contributed by atoms with Gasteiger partial charge in [0, 0.05) is 22.2 Å². The summed E-state index contributed by atoms with van der Waals surface area (Å²) in [6.07, 6.45) is 1.27. The van der Waals surface area contributed by atoms with Crippen LogP contribution in [0.1, 0.15) is 16.3 Å². The van der Waals surface area contributed by atoms with E-state index in [0.29, 0.717) is 13.0 Å². The maximum Gasteiger partial charge on any atom is 0.220 e. The lowest BCUT2D eigenvalue weighted by Gasteiger charge is -2.02. The van der Waals surface area contributed by atoms with E-state index in [-0.39, 0.29) is 11.7 Å². The molecule has 2 aromatic heterocycles. The first-order chi connectivity index (χ1) is 11.2. The number of amides is 1. The van der Waals surface area contributed by atoms with Gasteiger partial charge in [-0.3, -0.25) is 4.79 Å². The lowest BCUT2D eigenvalue weighted by molar-refractivity contribution is -0.121. The first-order valence-corrected chi connectivity index (χ1v) is 8.99. The molecule has 0 aliphatic carbocycles. The van der Waals surface area contributed by atoms with Crippen LogP contribution in [0.3, 0.4) is 0 Å². The summed E-state index contributed by atoms with van der Waals surface area (Å²) in [4.78, 5) is 17.6. The lowest BCUT2D eigenvalue weighted by Crippen LogP contribution is -2.22. The number of benzene rings is 1. The number of phenolic OH excluding ortho intramolecular Hbond substituents is 1. The topological polar surface area (TPSA) is 62.2 Å². The zero-order chi connectivity index (χ0) is 16.1. The van der Waals surface area contributed by atoms with Crippen LogP contribution in [-0.4, -0.2) is 16.0 Å². The Morgan fingerprint density at radius 1 is 1.17 bits per heavy atom. The van der Waals surface area contributed by atoms with Gasteiger partial charge in [0.2, 0.25) is 5.91 Å². The summed E-state index contributed by atoms with van der Waals surface area (Å²) < 4.78 is 0. The SMILES string of the molecule is O=C(CCc1cccs1)NCc1nc(-c2ccc(O)cc2)cs1. The second kappa shape index (κ2) is 7.39. The molecule has 118 valence electrons. The summed E-state index contributed by atoms with van der Waals surface area (Å²) in [6.45, 7) is 0.450. The first kappa shape index (κ1) is 15.7. The maximum atomic E-state index is 11.9. The largest absolute Gasteiger partial charge is 0.508 e. The highest BCUT2D eigenvalue weighted by atomic mass is 32.1. The quantitative estimate of drug-likeness (QED) is 0.714. The Labute approximate surface area is 142 Å². The third-order valence-corrected chi connectivity index (χ3v) is 5.12. The molecular formula is C17H16N2O2S2. The van der Waals surface area contributed by atoms with E-state index in [2.05, 4.69) is 10.3 Å². The van der Waals surface area contributed by atoms with Crippen molar-refractivity contribution in [1.82, 2.24) is 10.3 Å². The molecule has 2 heterocycles. The van der Waals surface area contributed by atoms with Gasteiger partial charge in [-0.05, 0) is 42.1 Å². The Bertz CT molecular complexity index is 764.